The van der Waals surface area contributed by atoms with Crippen LogP contribution in [0.3, 0.4) is 0 Å². The number of hydrogen-bond donors (Lipinski definition) is 1. The maximum Gasteiger partial charge on any atom is 0.573 e. The summed E-state index contributed by atoms with van der Waals surface area (Å²) in [5, 5.41) is 0. The zero-order valence-corrected chi connectivity index (χ0v) is 11.2. The maximum atomic E-state index is 12.1. The highest BCUT2D eigenvalue weighted by atomic mass is 19.4. The van der Waals surface area contributed by atoms with Crippen LogP contribution in [0.5, 0.6) is 5.75 Å². The van der Waals surface area contributed by atoms with Gasteiger partial charge in [-0.3, -0.25) is 9.36 Å². The van der Waals surface area contributed by atoms with Crippen LogP contribution in [0.15, 0.2) is 35.4 Å². The molecule has 22 heavy (non-hydrogen) atoms. The summed E-state index contributed by atoms with van der Waals surface area (Å²) in [6, 6.07) is 5.10. The van der Waals surface area contributed by atoms with Crippen molar-refractivity contribution < 1.29 is 17.9 Å². The van der Waals surface area contributed by atoms with Crippen molar-refractivity contribution >= 4 is 11.2 Å². The Labute approximate surface area is 121 Å². The van der Waals surface area contributed by atoms with Gasteiger partial charge in [0.15, 0.2) is 11.2 Å². The maximum absolute atomic E-state index is 12.1. The van der Waals surface area contributed by atoms with E-state index in [1.54, 1.807) is 6.92 Å². The van der Waals surface area contributed by atoms with E-state index in [1.807, 2.05) is 0 Å². The quantitative estimate of drug-likeness (QED) is 0.788. The zero-order valence-electron chi connectivity index (χ0n) is 11.2. The molecule has 0 saturated carbocycles. The average Bonchev–Trinajstić information content (AvgIpc) is 2.81. The lowest BCUT2D eigenvalue weighted by Gasteiger charge is -2.09. The van der Waals surface area contributed by atoms with Gasteiger partial charge in [-0.2, -0.15) is 0 Å². The summed E-state index contributed by atoms with van der Waals surface area (Å²) in [6.07, 6.45) is -3.37. The summed E-state index contributed by atoms with van der Waals surface area (Å²) in [6.45, 7) is 1.63. The smallest absolute Gasteiger partial charge is 0.406 e. The summed E-state index contributed by atoms with van der Waals surface area (Å²) in [7, 11) is 0. The number of ether oxygens (including phenoxy) is 1. The number of imidazole rings is 1. The standard InChI is InChI=1S/C13H9F3N4O2/c1-7-18-11-10(12(21)19-7)20(6-17-11)8-2-4-9(5-3-8)22-13(14,15)16/h2-6H,1H3,(H,18,19,21). The van der Waals surface area contributed by atoms with Crippen LogP contribution in [0.4, 0.5) is 13.2 Å². The van der Waals surface area contributed by atoms with Gasteiger partial charge in [0, 0.05) is 5.69 Å². The van der Waals surface area contributed by atoms with E-state index in [0.717, 1.165) is 12.1 Å². The van der Waals surface area contributed by atoms with Gasteiger partial charge in [0.1, 0.15) is 17.9 Å². The van der Waals surface area contributed by atoms with Crippen LogP contribution in [-0.4, -0.2) is 25.9 Å². The van der Waals surface area contributed by atoms with Gasteiger partial charge >= 0.3 is 6.36 Å². The van der Waals surface area contributed by atoms with E-state index in [4.69, 9.17) is 0 Å². The van der Waals surface area contributed by atoms with Crippen LogP contribution in [0.2, 0.25) is 0 Å². The molecule has 0 amide bonds. The number of rotatable bonds is 2. The van der Waals surface area contributed by atoms with E-state index >= 15 is 0 Å². The molecule has 0 unspecified atom stereocenters. The van der Waals surface area contributed by atoms with Gasteiger partial charge in [-0.1, -0.05) is 0 Å². The molecule has 0 aliphatic rings. The number of alkyl halides is 3. The minimum atomic E-state index is -4.75. The molecule has 9 heteroatoms. The third-order valence-electron chi connectivity index (χ3n) is 2.88. The fourth-order valence-corrected chi connectivity index (χ4v) is 2.05. The van der Waals surface area contributed by atoms with Crippen molar-refractivity contribution in [2.24, 2.45) is 0 Å². The third kappa shape index (κ3) is 2.65. The van der Waals surface area contributed by atoms with Crippen molar-refractivity contribution in [3.63, 3.8) is 0 Å². The van der Waals surface area contributed by atoms with E-state index in [9.17, 15) is 18.0 Å². The summed E-state index contributed by atoms with van der Waals surface area (Å²) in [4.78, 5) is 22.6. The minimum Gasteiger partial charge on any atom is -0.406 e. The van der Waals surface area contributed by atoms with Gasteiger partial charge in [0.2, 0.25) is 0 Å². The van der Waals surface area contributed by atoms with Crippen LogP contribution in [0.25, 0.3) is 16.9 Å². The minimum absolute atomic E-state index is 0.218. The molecule has 0 bridgehead atoms. The van der Waals surface area contributed by atoms with Crippen LogP contribution in [0.1, 0.15) is 5.82 Å². The summed E-state index contributed by atoms with van der Waals surface area (Å²) in [5.74, 6) is 0.0835. The highest BCUT2D eigenvalue weighted by Crippen LogP contribution is 2.24. The van der Waals surface area contributed by atoms with Crippen LogP contribution in [0, 0.1) is 6.92 Å². The third-order valence-corrected chi connectivity index (χ3v) is 2.88. The fourth-order valence-electron chi connectivity index (χ4n) is 2.05. The second-order valence-corrected chi connectivity index (χ2v) is 4.48. The molecule has 2 aromatic heterocycles. The van der Waals surface area contributed by atoms with E-state index < -0.39 is 6.36 Å². The second kappa shape index (κ2) is 4.86. The number of aryl methyl sites for hydroxylation is 1. The molecule has 2 heterocycles. The number of nitrogens with zero attached hydrogens (tertiary/aromatic N) is 3. The average molecular weight is 310 g/mol. The van der Waals surface area contributed by atoms with E-state index in [-0.39, 0.29) is 22.5 Å². The number of aromatic nitrogens is 4. The number of halogens is 3. The van der Waals surface area contributed by atoms with Gasteiger partial charge in [-0.15, -0.1) is 13.2 Å². The highest BCUT2D eigenvalue weighted by Gasteiger charge is 2.31. The molecule has 3 aromatic rings. The van der Waals surface area contributed by atoms with E-state index in [0.29, 0.717) is 11.5 Å². The molecular formula is C13H9F3N4O2. The molecule has 0 aliphatic carbocycles. The molecule has 1 N–H and O–H groups in total. The molecule has 0 atom stereocenters. The van der Waals surface area contributed by atoms with Crippen LogP contribution < -0.4 is 10.3 Å². The first-order valence-electron chi connectivity index (χ1n) is 6.14. The topological polar surface area (TPSA) is 72.8 Å². The number of hydrogen-bond acceptors (Lipinski definition) is 4. The lowest BCUT2D eigenvalue weighted by atomic mass is 10.3. The van der Waals surface area contributed by atoms with E-state index in [1.165, 1.54) is 23.0 Å². The van der Waals surface area contributed by atoms with Crippen LogP contribution in [-0.2, 0) is 0 Å². The fraction of sp³-hybridized carbons (Fsp3) is 0.154. The van der Waals surface area contributed by atoms with E-state index in [2.05, 4.69) is 19.7 Å². The summed E-state index contributed by atoms with van der Waals surface area (Å²) >= 11 is 0. The molecule has 0 radical (unpaired) electrons. The molecule has 3 rings (SSSR count). The molecule has 0 aliphatic heterocycles. The lowest BCUT2D eigenvalue weighted by Crippen LogP contribution is -2.17. The molecule has 1 aromatic carbocycles. The molecule has 0 spiro atoms. The first-order valence-corrected chi connectivity index (χ1v) is 6.14. The molecule has 114 valence electrons. The zero-order chi connectivity index (χ0) is 15.9. The Morgan fingerprint density at radius 2 is 1.91 bits per heavy atom. The SMILES string of the molecule is Cc1nc2ncn(-c3ccc(OC(F)(F)F)cc3)c2c(=O)[nH]1. The van der Waals surface area contributed by atoms with Crippen molar-refractivity contribution in [1.82, 2.24) is 19.5 Å². The number of aromatic amines is 1. The Morgan fingerprint density at radius 3 is 2.55 bits per heavy atom. The molecule has 0 saturated heterocycles. The van der Waals surface area contributed by atoms with Crippen LogP contribution >= 0.6 is 0 Å². The monoisotopic (exact) mass is 310 g/mol. The Balaban J connectivity index is 2.03. The Morgan fingerprint density at radius 1 is 1.23 bits per heavy atom. The molecular weight excluding hydrogens is 301 g/mol. The lowest BCUT2D eigenvalue weighted by molar-refractivity contribution is -0.274. The van der Waals surface area contributed by atoms with Gasteiger partial charge in [0.05, 0.1) is 0 Å². The predicted molar refractivity (Wildman–Crippen MR) is 70.9 cm³/mol. The van der Waals surface area contributed by atoms with Gasteiger partial charge in [-0.05, 0) is 31.2 Å². The first kappa shape index (κ1) is 14.1. The number of nitrogens with one attached hydrogen (secondary N) is 1. The Kier molecular flexibility index (Phi) is 3.12. The van der Waals surface area contributed by atoms with Gasteiger partial charge < -0.3 is 9.72 Å². The van der Waals surface area contributed by atoms with Crippen molar-refractivity contribution in [3.05, 3.63) is 46.8 Å². The van der Waals surface area contributed by atoms with Crippen molar-refractivity contribution in [3.8, 4) is 11.4 Å². The number of H-pyrrole nitrogens is 1. The highest BCUT2D eigenvalue weighted by molar-refractivity contribution is 5.72. The molecule has 0 fully saturated rings. The Hall–Kier alpha value is -2.84. The number of benzene rings is 1. The predicted octanol–water partition coefficient (Wildman–Crippen LogP) is 2.32. The van der Waals surface area contributed by atoms with Gasteiger partial charge in [0.25, 0.3) is 5.56 Å². The Bertz CT molecular complexity index is 881. The van der Waals surface area contributed by atoms with Crippen molar-refractivity contribution in [2.75, 3.05) is 0 Å². The summed E-state index contributed by atoms with van der Waals surface area (Å²) in [5.41, 5.74) is 0.566. The normalized spacial score (nSPS) is 11.8. The number of fused-ring (bicyclic) bond motifs is 1. The summed E-state index contributed by atoms with van der Waals surface area (Å²) < 4.78 is 41.6. The van der Waals surface area contributed by atoms with Gasteiger partial charge in [-0.25, -0.2) is 9.97 Å². The largest absolute Gasteiger partial charge is 0.573 e. The second-order valence-electron chi connectivity index (χ2n) is 4.48. The molecule has 6 nitrogen and oxygen atoms in total. The first-order chi connectivity index (χ1) is 10.3. The van der Waals surface area contributed by atoms with Crippen molar-refractivity contribution in [2.45, 2.75) is 13.3 Å². The van der Waals surface area contributed by atoms with Crippen molar-refractivity contribution in [1.29, 1.82) is 0 Å².